The molecule has 0 aliphatic heterocycles. The maximum atomic E-state index is 10.8. The summed E-state index contributed by atoms with van der Waals surface area (Å²) < 4.78 is 5.22. The lowest BCUT2D eigenvalue weighted by atomic mass is 9.86. The summed E-state index contributed by atoms with van der Waals surface area (Å²) >= 11 is 0. The summed E-state index contributed by atoms with van der Waals surface area (Å²) in [5, 5.41) is 0. The molecular formula is C10H20O2. The quantitative estimate of drug-likeness (QED) is 0.612. The van der Waals surface area contributed by atoms with Gasteiger partial charge in [-0.25, -0.2) is 0 Å². The number of carbonyl (C=O) groups is 1. The van der Waals surface area contributed by atoms with Gasteiger partial charge in [-0.1, -0.05) is 34.1 Å². The molecule has 0 N–H and O–H groups in total. The van der Waals surface area contributed by atoms with Crippen LogP contribution < -0.4 is 0 Å². The molecular weight excluding hydrogens is 152 g/mol. The van der Waals surface area contributed by atoms with Crippen LogP contribution in [-0.4, -0.2) is 12.1 Å². The Morgan fingerprint density at radius 3 is 2.17 bits per heavy atom. The predicted octanol–water partition coefficient (Wildman–Crippen LogP) is 2.76. The van der Waals surface area contributed by atoms with Gasteiger partial charge in [-0.2, -0.15) is 0 Å². The van der Waals surface area contributed by atoms with E-state index in [2.05, 4.69) is 27.7 Å². The number of rotatable bonds is 3. The first-order valence-corrected chi connectivity index (χ1v) is 4.55. The van der Waals surface area contributed by atoms with E-state index in [-0.39, 0.29) is 17.5 Å². The monoisotopic (exact) mass is 172 g/mol. The van der Waals surface area contributed by atoms with Crippen LogP contribution in [0.1, 0.15) is 47.5 Å². The average molecular weight is 172 g/mol. The molecule has 0 aromatic carbocycles. The SMILES string of the molecule is CCC[C@H](OC(C)=O)C(C)(C)C. The smallest absolute Gasteiger partial charge is 0.302 e. The standard InChI is InChI=1S/C10H20O2/c1-6-7-9(10(3,4)5)12-8(2)11/h9H,6-7H2,1-5H3/t9-/m0/s1. The summed E-state index contributed by atoms with van der Waals surface area (Å²) in [4.78, 5) is 10.8. The van der Waals surface area contributed by atoms with Gasteiger partial charge < -0.3 is 4.74 Å². The molecule has 0 radical (unpaired) electrons. The first-order valence-electron chi connectivity index (χ1n) is 4.55. The van der Waals surface area contributed by atoms with Crippen LogP contribution in [0.4, 0.5) is 0 Å². The van der Waals surface area contributed by atoms with Crippen molar-refractivity contribution in [2.75, 3.05) is 0 Å². The molecule has 0 aromatic heterocycles. The zero-order valence-electron chi connectivity index (χ0n) is 8.81. The third-order valence-electron chi connectivity index (χ3n) is 1.83. The van der Waals surface area contributed by atoms with E-state index in [1.807, 2.05) is 0 Å². The van der Waals surface area contributed by atoms with Gasteiger partial charge in [0, 0.05) is 6.92 Å². The van der Waals surface area contributed by atoms with Crippen molar-refractivity contribution < 1.29 is 9.53 Å². The Bertz CT molecular complexity index is 144. The molecule has 0 aliphatic rings. The van der Waals surface area contributed by atoms with Crippen LogP contribution in [0.25, 0.3) is 0 Å². The van der Waals surface area contributed by atoms with Crippen molar-refractivity contribution in [3.63, 3.8) is 0 Å². The lowest BCUT2D eigenvalue weighted by Gasteiger charge is -2.29. The molecule has 0 saturated carbocycles. The molecule has 12 heavy (non-hydrogen) atoms. The Labute approximate surface area is 75.3 Å². The van der Waals surface area contributed by atoms with E-state index < -0.39 is 0 Å². The van der Waals surface area contributed by atoms with Crippen LogP contribution >= 0.6 is 0 Å². The highest BCUT2D eigenvalue weighted by Crippen LogP contribution is 2.25. The fourth-order valence-corrected chi connectivity index (χ4v) is 1.13. The Morgan fingerprint density at radius 1 is 1.42 bits per heavy atom. The van der Waals surface area contributed by atoms with Gasteiger partial charge in [-0.3, -0.25) is 4.79 Å². The number of esters is 1. The minimum Gasteiger partial charge on any atom is -0.462 e. The second-order valence-corrected chi connectivity index (χ2v) is 4.25. The van der Waals surface area contributed by atoms with Crippen LogP contribution in [0.2, 0.25) is 0 Å². The molecule has 72 valence electrons. The second-order valence-electron chi connectivity index (χ2n) is 4.25. The summed E-state index contributed by atoms with van der Waals surface area (Å²) in [7, 11) is 0. The summed E-state index contributed by atoms with van der Waals surface area (Å²) in [6.07, 6.45) is 2.05. The van der Waals surface area contributed by atoms with Crippen LogP contribution in [0.5, 0.6) is 0 Å². The van der Waals surface area contributed by atoms with Crippen LogP contribution in [0.15, 0.2) is 0 Å². The highest BCUT2D eigenvalue weighted by Gasteiger charge is 2.26. The Morgan fingerprint density at radius 2 is 1.92 bits per heavy atom. The number of hydrogen-bond donors (Lipinski definition) is 0. The lowest BCUT2D eigenvalue weighted by Crippen LogP contribution is -2.30. The fraction of sp³-hybridized carbons (Fsp3) is 0.900. The van der Waals surface area contributed by atoms with Crippen LogP contribution in [0, 0.1) is 5.41 Å². The molecule has 1 atom stereocenters. The summed E-state index contributed by atoms with van der Waals surface area (Å²) in [5.41, 5.74) is 0.0572. The van der Waals surface area contributed by atoms with Gasteiger partial charge in [-0.15, -0.1) is 0 Å². The van der Waals surface area contributed by atoms with E-state index in [0.717, 1.165) is 12.8 Å². The van der Waals surface area contributed by atoms with Crippen molar-refractivity contribution in [3.8, 4) is 0 Å². The Kier molecular flexibility index (Phi) is 4.29. The zero-order valence-corrected chi connectivity index (χ0v) is 8.81. The molecule has 0 aromatic rings. The maximum Gasteiger partial charge on any atom is 0.302 e. The maximum absolute atomic E-state index is 10.8. The van der Waals surface area contributed by atoms with Gasteiger partial charge in [0.25, 0.3) is 0 Å². The normalized spacial score (nSPS) is 14.1. The summed E-state index contributed by atoms with van der Waals surface area (Å²) in [5.74, 6) is -0.177. The van der Waals surface area contributed by atoms with E-state index >= 15 is 0 Å². The molecule has 0 unspecified atom stereocenters. The van der Waals surface area contributed by atoms with Crippen LogP contribution in [-0.2, 0) is 9.53 Å². The minimum absolute atomic E-state index is 0.0556. The van der Waals surface area contributed by atoms with Crippen molar-refractivity contribution in [1.82, 2.24) is 0 Å². The van der Waals surface area contributed by atoms with Gasteiger partial charge in [0.15, 0.2) is 0 Å². The van der Waals surface area contributed by atoms with Crippen molar-refractivity contribution in [2.24, 2.45) is 5.41 Å². The molecule has 0 heterocycles. The molecule has 0 rings (SSSR count). The topological polar surface area (TPSA) is 26.3 Å². The molecule has 2 heteroatoms. The van der Waals surface area contributed by atoms with E-state index in [4.69, 9.17) is 4.74 Å². The number of hydrogen-bond acceptors (Lipinski definition) is 2. The van der Waals surface area contributed by atoms with Gasteiger partial charge >= 0.3 is 5.97 Å². The molecule has 0 spiro atoms. The van der Waals surface area contributed by atoms with Gasteiger partial charge in [0.1, 0.15) is 6.10 Å². The van der Waals surface area contributed by atoms with E-state index in [1.54, 1.807) is 0 Å². The van der Waals surface area contributed by atoms with Crippen molar-refractivity contribution >= 4 is 5.97 Å². The minimum atomic E-state index is -0.177. The zero-order chi connectivity index (χ0) is 9.78. The van der Waals surface area contributed by atoms with Crippen molar-refractivity contribution in [1.29, 1.82) is 0 Å². The van der Waals surface area contributed by atoms with E-state index in [1.165, 1.54) is 6.92 Å². The lowest BCUT2D eigenvalue weighted by molar-refractivity contribution is -0.152. The van der Waals surface area contributed by atoms with E-state index in [9.17, 15) is 4.79 Å². The third kappa shape index (κ3) is 4.37. The molecule has 0 fully saturated rings. The van der Waals surface area contributed by atoms with Crippen molar-refractivity contribution in [3.05, 3.63) is 0 Å². The van der Waals surface area contributed by atoms with Gasteiger partial charge in [0.2, 0.25) is 0 Å². The summed E-state index contributed by atoms with van der Waals surface area (Å²) in [6, 6.07) is 0. The third-order valence-corrected chi connectivity index (χ3v) is 1.83. The Hall–Kier alpha value is -0.530. The molecule has 2 nitrogen and oxygen atoms in total. The first kappa shape index (κ1) is 11.5. The highest BCUT2D eigenvalue weighted by atomic mass is 16.5. The molecule has 0 amide bonds. The predicted molar refractivity (Wildman–Crippen MR) is 49.9 cm³/mol. The van der Waals surface area contributed by atoms with Crippen LogP contribution in [0.3, 0.4) is 0 Å². The number of ether oxygens (including phenoxy) is 1. The van der Waals surface area contributed by atoms with Gasteiger partial charge in [0.05, 0.1) is 0 Å². The first-order chi connectivity index (χ1) is 5.38. The summed E-state index contributed by atoms with van der Waals surface area (Å²) in [6.45, 7) is 9.85. The average Bonchev–Trinajstić information content (AvgIpc) is 1.83. The fourth-order valence-electron chi connectivity index (χ4n) is 1.13. The van der Waals surface area contributed by atoms with E-state index in [0.29, 0.717) is 0 Å². The molecule has 0 saturated heterocycles. The van der Waals surface area contributed by atoms with Gasteiger partial charge in [-0.05, 0) is 11.8 Å². The molecule has 0 aliphatic carbocycles. The highest BCUT2D eigenvalue weighted by molar-refractivity contribution is 5.66. The number of carbonyl (C=O) groups excluding carboxylic acids is 1. The Balaban J connectivity index is 4.13. The molecule has 0 bridgehead atoms. The largest absolute Gasteiger partial charge is 0.462 e. The van der Waals surface area contributed by atoms with Crippen molar-refractivity contribution in [2.45, 2.75) is 53.6 Å². The second kappa shape index (κ2) is 4.48.